The van der Waals surface area contributed by atoms with E-state index in [1.165, 1.54) is 0 Å². The van der Waals surface area contributed by atoms with Gasteiger partial charge >= 0.3 is 0 Å². The molecule has 0 heterocycles. The van der Waals surface area contributed by atoms with Gasteiger partial charge in [-0.2, -0.15) is 0 Å². The molecule has 3 aromatic rings. The van der Waals surface area contributed by atoms with Crippen molar-refractivity contribution in [2.24, 2.45) is 0 Å². The number of aliphatic hydroxyl groups excluding tert-OH is 1. The summed E-state index contributed by atoms with van der Waals surface area (Å²) in [6.07, 6.45) is -0.508. The Bertz CT molecular complexity index is 776. The lowest BCUT2D eigenvalue weighted by Gasteiger charge is -2.12. The molecule has 0 radical (unpaired) electrons. The molecule has 0 aromatic heterocycles. The first-order valence-electron chi connectivity index (χ1n) is 6.78. The quantitative estimate of drug-likeness (QED) is 0.685. The Morgan fingerprint density at radius 2 is 1.76 bits per heavy atom. The number of halogens is 1. The van der Waals surface area contributed by atoms with Crippen molar-refractivity contribution in [3.8, 4) is 11.5 Å². The molecular formula is C18H15BrO2. The zero-order valence-corrected chi connectivity index (χ0v) is 13.2. The molecule has 2 nitrogen and oxygen atoms in total. The summed E-state index contributed by atoms with van der Waals surface area (Å²) in [5.41, 5.74) is 0.847. The van der Waals surface area contributed by atoms with Crippen molar-refractivity contribution < 1.29 is 9.84 Å². The fourth-order valence-electron chi connectivity index (χ4n) is 2.32. The SMILES string of the molecule is C[C@@H](O)c1ccc(Oc2cccc3ccccc23)cc1Br. The van der Waals surface area contributed by atoms with Gasteiger partial charge in [0, 0.05) is 9.86 Å². The molecule has 3 rings (SSSR count). The lowest BCUT2D eigenvalue weighted by Crippen LogP contribution is -1.93. The molecule has 0 aliphatic carbocycles. The van der Waals surface area contributed by atoms with E-state index in [0.717, 1.165) is 32.3 Å². The van der Waals surface area contributed by atoms with Crippen molar-refractivity contribution >= 4 is 26.7 Å². The van der Waals surface area contributed by atoms with Crippen molar-refractivity contribution in [1.82, 2.24) is 0 Å². The van der Waals surface area contributed by atoms with Gasteiger partial charge in [0.1, 0.15) is 11.5 Å². The van der Waals surface area contributed by atoms with Gasteiger partial charge in [0.25, 0.3) is 0 Å². The van der Waals surface area contributed by atoms with Gasteiger partial charge in [-0.1, -0.05) is 58.4 Å². The molecule has 0 fully saturated rings. The minimum Gasteiger partial charge on any atom is -0.457 e. The summed E-state index contributed by atoms with van der Waals surface area (Å²) in [6, 6.07) is 19.7. The van der Waals surface area contributed by atoms with Crippen molar-refractivity contribution in [3.05, 3.63) is 70.7 Å². The van der Waals surface area contributed by atoms with Crippen LogP contribution in [0.2, 0.25) is 0 Å². The second kappa shape index (κ2) is 5.88. The van der Waals surface area contributed by atoms with Gasteiger partial charge in [-0.15, -0.1) is 0 Å². The summed E-state index contributed by atoms with van der Waals surface area (Å²) < 4.78 is 6.84. The fourth-order valence-corrected chi connectivity index (χ4v) is 3.01. The van der Waals surface area contributed by atoms with E-state index in [-0.39, 0.29) is 0 Å². The van der Waals surface area contributed by atoms with E-state index in [9.17, 15) is 5.11 Å². The summed E-state index contributed by atoms with van der Waals surface area (Å²) in [7, 11) is 0. The van der Waals surface area contributed by atoms with Crippen LogP contribution in [0.5, 0.6) is 11.5 Å². The van der Waals surface area contributed by atoms with Crippen LogP contribution < -0.4 is 4.74 Å². The average Bonchev–Trinajstić information content (AvgIpc) is 2.47. The van der Waals surface area contributed by atoms with E-state index in [0.29, 0.717) is 0 Å². The highest BCUT2D eigenvalue weighted by Crippen LogP contribution is 2.33. The average molecular weight is 343 g/mol. The largest absolute Gasteiger partial charge is 0.457 e. The molecule has 0 aliphatic heterocycles. The molecule has 0 saturated heterocycles. The molecular weight excluding hydrogens is 328 g/mol. The number of hydrogen-bond acceptors (Lipinski definition) is 2. The van der Waals surface area contributed by atoms with Crippen LogP contribution >= 0.6 is 15.9 Å². The van der Waals surface area contributed by atoms with Crippen LogP contribution in [0.4, 0.5) is 0 Å². The number of fused-ring (bicyclic) bond motifs is 1. The van der Waals surface area contributed by atoms with Crippen LogP contribution in [0, 0.1) is 0 Å². The third-order valence-electron chi connectivity index (χ3n) is 3.40. The zero-order chi connectivity index (χ0) is 14.8. The van der Waals surface area contributed by atoms with Gasteiger partial charge in [-0.3, -0.25) is 0 Å². The predicted octanol–water partition coefficient (Wildman–Crippen LogP) is 5.45. The van der Waals surface area contributed by atoms with Crippen LogP contribution in [0.3, 0.4) is 0 Å². The standard InChI is InChI=1S/C18H15BrO2/c1-12(20)15-10-9-14(11-17(15)19)21-18-8-4-6-13-5-2-3-7-16(13)18/h2-12,20H,1H3/t12-/m1/s1. The molecule has 0 aliphatic rings. The summed E-state index contributed by atoms with van der Waals surface area (Å²) in [4.78, 5) is 0. The van der Waals surface area contributed by atoms with Crippen LogP contribution in [0.15, 0.2) is 65.1 Å². The zero-order valence-electron chi connectivity index (χ0n) is 11.6. The number of rotatable bonds is 3. The van der Waals surface area contributed by atoms with Gasteiger partial charge in [0.05, 0.1) is 6.10 Å². The summed E-state index contributed by atoms with van der Waals surface area (Å²) >= 11 is 3.47. The highest BCUT2D eigenvalue weighted by molar-refractivity contribution is 9.10. The molecule has 0 spiro atoms. The Kier molecular flexibility index (Phi) is 3.95. The molecule has 0 amide bonds. The molecule has 21 heavy (non-hydrogen) atoms. The summed E-state index contributed by atoms with van der Waals surface area (Å²) in [5, 5.41) is 11.9. The highest BCUT2D eigenvalue weighted by atomic mass is 79.9. The lowest BCUT2D eigenvalue weighted by atomic mass is 10.1. The maximum absolute atomic E-state index is 9.66. The second-order valence-corrected chi connectivity index (χ2v) is 5.79. The first kappa shape index (κ1) is 14.1. The summed E-state index contributed by atoms with van der Waals surface area (Å²) in [6.45, 7) is 1.74. The van der Waals surface area contributed by atoms with E-state index in [2.05, 4.69) is 28.1 Å². The monoisotopic (exact) mass is 342 g/mol. The molecule has 106 valence electrons. The first-order chi connectivity index (χ1) is 10.1. The molecule has 3 heteroatoms. The van der Waals surface area contributed by atoms with Crippen LogP contribution in [-0.4, -0.2) is 5.11 Å². The Morgan fingerprint density at radius 1 is 1.00 bits per heavy atom. The Balaban J connectivity index is 1.97. The first-order valence-corrected chi connectivity index (χ1v) is 7.57. The van der Waals surface area contributed by atoms with Gasteiger partial charge < -0.3 is 9.84 Å². The lowest BCUT2D eigenvalue weighted by molar-refractivity contribution is 0.198. The minimum absolute atomic E-state index is 0.508. The van der Waals surface area contributed by atoms with Crippen LogP contribution in [-0.2, 0) is 0 Å². The normalized spacial score (nSPS) is 12.3. The van der Waals surface area contributed by atoms with Crippen molar-refractivity contribution in [2.75, 3.05) is 0 Å². The molecule has 3 aromatic carbocycles. The van der Waals surface area contributed by atoms with Gasteiger partial charge in [0.15, 0.2) is 0 Å². The second-order valence-electron chi connectivity index (χ2n) is 4.94. The molecule has 1 atom stereocenters. The van der Waals surface area contributed by atoms with Crippen molar-refractivity contribution in [1.29, 1.82) is 0 Å². The number of aliphatic hydroxyl groups is 1. The third-order valence-corrected chi connectivity index (χ3v) is 4.09. The Morgan fingerprint density at radius 3 is 2.52 bits per heavy atom. The number of ether oxygens (including phenoxy) is 1. The van der Waals surface area contributed by atoms with E-state index in [4.69, 9.17) is 4.74 Å². The predicted molar refractivity (Wildman–Crippen MR) is 88.8 cm³/mol. The van der Waals surface area contributed by atoms with Gasteiger partial charge in [-0.25, -0.2) is 0 Å². The molecule has 0 unspecified atom stereocenters. The van der Waals surface area contributed by atoms with E-state index < -0.39 is 6.10 Å². The maximum Gasteiger partial charge on any atom is 0.135 e. The smallest absolute Gasteiger partial charge is 0.135 e. The Labute approximate surface area is 132 Å². The van der Waals surface area contributed by atoms with Crippen molar-refractivity contribution in [2.45, 2.75) is 13.0 Å². The third kappa shape index (κ3) is 2.94. The molecule has 1 N–H and O–H groups in total. The number of benzene rings is 3. The topological polar surface area (TPSA) is 29.5 Å². The van der Waals surface area contributed by atoms with Gasteiger partial charge in [0.2, 0.25) is 0 Å². The fraction of sp³-hybridized carbons (Fsp3) is 0.111. The highest BCUT2D eigenvalue weighted by Gasteiger charge is 2.08. The van der Waals surface area contributed by atoms with E-state index in [1.54, 1.807) is 6.92 Å². The maximum atomic E-state index is 9.66. The van der Waals surface area contributed by atoms with Crippen molar-refractivity contribution in [3.63, 3.8) is 0 Å². The van der Waals surface area contributed by atoms with Crippen LogP contribution in [0.1, 0.15) is 18.6 Å². The van der Waals surface area contributed by atoms with Crippen LogP contribution in [0.25, 0.3) is 10.8 Å². The van der Waals surface area contributed by atoms with Gasteiger partial charge in [-0.05, 0) is 36.1 Å². The minimum atomic E-state index is -0.508. The molecule has 0 saturated carbocycles. The van der Waals surface area contributed by atoms with E-state index in [1.807, 2.05) is 48.5 Å². The summed E-state index contributed by atoms with van der Waals surface area (Å²) in [5.74, 6) is 1.56. The molecule has 0 bridgehead atoms. The Hall–Kier alpha value is -1.84. The van der Waals surface area contributed by atoms with E-state index >= 15 is 0 Å². The number of hydrogen-bond donors (Lipinski definition) is 1.